The van der Waals surface area contributed by atoms with Gasteiger partial charge in [-0.2, -0.15) is 0 Å². The molecular formula is C11H12O2. The van der Waals surface area contributed by atoms with Crippen molar-refractivity contribution in [2.24, 2.45) is 0 Å². The van der Waals surface area contributed by atoms with E-state index in [4.69, 9.17) is 4.74 Å². The van der Waals surface area contributed by atoms with E-state index in [2.05, 4.69) is 0 Å². The number of benzene rings is 1. The summed E-state index contributed by atoms with van der Waals surface area (Å²) < 4.78 is 5.14. The number of aldehydes is 1. The van der Waals surface area contributed by atoms with E-state index in [1.165, 1.54) is 0 Å². The number of methoxy groups -OCH3 is 1. The zero-order valence-corrected chi connectivity index (χ0v) is 7.57. The summed E-state index contributed by atoms with van der Waals surface area (Å²) in [6, 6.07) is 7.68. The molecule has 0 aromatic heterocycles. The molecule has 0 saturated heterocycles. The first-order chi connectivity index (χ1) is 6.38. The largest absolute Gasteiger partial charge is 0.496 e. The van der Waals surface area contributed by atoms with Crippen LogP contribution in [0, 0.1) is 0 Å². The maximum atomic E-state index is 10.1. The molecule has 0 fully saturated rings. The number of allylic oxidation sites excluding steroid dienone is 1. The van der Waals surface area contributed by atoms with Gasteiger partial charge in [-0.05, 0) is 6.07 Å². The molecular weight excluding hydrogens is 164 g/mol. The fourth-order valence-corrected chi connectivity index (χ4v) is 1.05. The summed E-state index contributed by atoms with van der Waals surface area (Å²) in [7, 11) is 1.63. The van der Waals surface area contributed by atoms with Gasteiger partial charge in [-0.15, -0.1) is 0 Å². The van der Waals surface area contributed by atoms with Crippen molar-refractivity contribution in [3.8, 4) is 5.75 Å². The van der Waals surface area contributed by atoms with Crippen molar-refractivity contribution in [3.05, 3.63) is 35.9 Å². The minimum absolute atomic E-state index is 0.443. The van der Waals surface area contributed by atoms with Gasteiger partial charge in [-0.1, -0.05) is 30.4 Å². The SMILES string of the molecule is COc1ccccc1/C=C/CC=O. The molecule has 1 aromatic rings. The van der Waals surface area contributed by atoms with Crippen LogP contribution in [-0.4, -0.2) is 13.4 Å². The summed E-state index contributed by atoms with van der Waals surface area (Å²) in [5.74, 6) is 0.824. The monoisotopic (exact) mass is 176 g/mol. The molecule has 0 aliphatic rings. The Morgan fingerprint density at radius 3 is 2.85 bits per heavy atom. The summed E-state index contributed by atoms with van der Waals surface area (Å²) in [6.45, 7) is 0. The highest BCUT2D eigenvalue weighted by atomic mass is 16.5. The zero-order chi connectivity index (χ0) is 9.52. The highest BCUT2D eigenvalue weighted by molar-refractivity contribution is 5.61. The Morgan fingerprint density at radius 1 is 1.38 bits per heavy atom. The molecule has 0 spiro atoms. The van der Waals surface area contributed by atoms with Gasteiger partial charge < -0.3 is 9.53 Å². The Hall–Kier alpha value is -1.57. The Morgan fingerprint density at radius 2 is 2.15 bits per heavy atom. The van der Waals surface area contributed by atoms with Crippen molar-refractivity contribution in [3.63, 3.8) is 0 Å². The number of hydrogen-bond acceptors (Lipinski definition) is 2. The van der Waals surface area contributed by atoms with E-state index in [9.17, 15) is 4.79 Å². The summed E-state index contributed by atoms with van der Waals surface area (Å²) in [4.78, 5) is 10.1. The molecule has 0 amide bonds. The zero-order valence-electron chi connectivity index (χ0n) is 7.57. The first kappa shape index (κ1) is 9.52. The molecule has 0 saturated carbocycles. The quantitative estimate of drug-likeness (QED) is 0.658. The van der Waals surface area contributed by atoms with Crippen molar-refractivity contribution < 1.29 is 9.53 Å². The van der Waals surface area contributed by atoms with Crippen LogP contribution in [0.4, 0.5) is 0 Å². The van der Waals surface area contributed by atoms with Crippen LogP contribution in [0.1, 0.15) is 12.0 Å². The molecule has 1 aromatic carbocycles. The fourth-order valence-electron chi connectivity index (χ4n) is 1.05. The molecule has 2 heteroatoms. The third kappa shape index (κ3) is 2.75. The van der Waals surface area contributed by atoms with Crippen LogP contribution in [0.3, 0.4) is 0 Å². The first-order valence-corrected chi connectivity index (χ1v) is 4.11. The van der Waals surface area contributed by atoms with Gasteiger partial charge in [0, 0.05) is 12.0 Å². The van der Waals surface area contributed by atoms with Gasteiger partial charge >= 0.3 is 0 Å². The third-order valence-corrected chi connectivity index (χ3v) is 1.67. The highest BCUT2D eigenvalue weighted by Gasteiger charge is 1.95. The summed E-state index contributed by atoms with van der Waals surface area (Å²) >= 11 is 0. The van der Waals surface area contributed by atoms with Crippen molar-refractivity contribution in [2.45, 2.75) is 6.42 Å². The molecule has 0 aliphatic carbocycles. The second-order valence-corrected chi connectivity index (χ2v) is 2.55. The average molecular weight is 176 g/mol. The van der Waals surface area contributed by atoms with Crippen LogP contribution in [0.2, 0.25) is 0 Å². The lowest BCUT2D eigenvalue weighted by Gasteiger charge is -2.02. The maximum absolute atomic E-state index is 10.1. The summed E-state index contributed by atoms with van der Waals surface area (Å²) in [5, 5.41) is 0. The van der Waals surface area contributed by atoms with Gasteiger partial charge in [-0.25, -0.2) is 0 Å². The Labute approximate surface area is 77.8 Å². The van der Waals surface area contributed by atoms with Gasteiger partial charge in [0.1, 0.15) is 12.0 Å². The number of rotatable bonds is 4. The van der Waals surface area contributed by atoms with E-state index >= 15 is 0 Å². The Kier molecular flexibility index (Phi) is 3.76. The number of ether oxygens (including phenoxy) is 1. The number of hydrogen-bond donors (Lipinski definition) is 0. The minimum Gasteiger partial charge on any atom is -0.496 e. The molecule has 2 nitrogen and oxygen atoms in total. The van der Waals surface area contributed by atoms with Crippen LogP contribution in [-0.2, 0) is 4.79 Å². The second-order valence-electron chi connectivity index (χ2n) is 2.55. The van der Waals surface area contributed by atoms with Gasteiger partial charge in [-0.3, -0.25) is 0 Å². The lowest BCUT2D eigenvalue weighted by Crippen LogP contribution is -1.85. The molecule has 0 heterocycles. The minimum atomic E-state index is 0.443. The maximum Gasteiger partial charge on any atom is 0.126 e. The van der Waals surface area contributed by atoms with Crippen LogP contribution in [0.25, 0.3) is 6.08 Å². The van der Waals surface area contributed by atoms with E-state index in [1.807, 2.05) is 36.4 Å². The molecule has 1 rings (SSSR count). The third-order valence-electron chi connectivity index (χ3n) is 1.67. The Bertz CT molecular complexity index is 303. The first-order valence-electron chi connectivity index (χ1n) is 4.11. The van der Waals surface area contributed by atoms with E-state index in [0.717, 1.165) is 17.6 Å². The molecule has 0 N–H and O–H groups in total. The number of para-hydroxylation sites is 1. The molecule has 13 heavy (non-hydrogen) atoms. The van der Waals surface area contributed by atoms with Crippen LogP contribution in [0.5, 0.6) is 5.75 Å². The lowest BCUT2D eigenvalue weighted by molar-refractivity contribution is -0.107. The fraction of sp³-hybridized carbons (Fsp3) is 0.182. The van der Waals surface area contributed by atoms with Gasteiger partial charge in [0.15, 0.2) is 0 Å². The van der Waals surface area contributed by atoms with E-state index < -0.39 is 0 Å². The van der Waals surface area contributed by atoms with Crippen molar-refractivity contribution in [1.82, 2.24) is 0 Å². The molecule has 0 radical (unpaired) electrons. The molecule has 0 aliphatic heterocycles. The normalized spacial score (nSPS) is 10.2. The molecule has 0 unspecified atom stereocenters. The number of carbonyl (C=O) groups excluding carboxylic acids is 1. The highest BCUT2D eigenvalue weighted by Crippen LogP contribution is 2.18. The van der Waals surface area contributed by atoms with E-state index in [0.29, 0.717) is 6.42 Å². The second kappa shape index (κ2) is 5.14. The van der Waals surface area contributed by atoms with Crippen molar-refractivity contribution in [2.75, 3.05) is 7.11 Å². The van der Waals surface area contributed by atoms with E-state index in [1.54, 1.807) is 7.11 Å². The van der Waals surface area contributed by atoms with Gasteiger partial charge in [0.25, 0.3) is 0 Å². The summed E-state index contributed by atoms with van der Waals surface area (Å²) in [6.07, 6.45) is 5.00. The Balaban J connectivity index is 2.80. The van der Waals surface area contributed by atoms with Crippen molar-refractivity contribution >= 4 is 12.4 Å². The van der Waals surface area contributed by atoms with E-state index in [-0.39, 0.29) is 0 Å². The van der Waals surface area contributed by atoms with Crippen LogP contribution < -0.4 is 4.74 Å². The molecule has 0 bridgehead atoms. The standard InChI is InChI=1S/C11H12O2/c1-13-11-8-3-2-6-10(11)7-4-5-9-12/h2-4,6-9H,5H2,1H3/b7-4+. The lowest BCUT2D eigenvalue weighted by atomic mass is 10.2. The number of carbonyl (C=O) groups is 1. The molecule has 0 atom stereocenters. The molecule has 68 valence electrons. The average Bonchev–Trinajstić information content (AvgIpc) is 2.19. The van der Waals surface area contributed by atoms with Gasteiger partial charge in [0.2, 0.25) is 0 Å². The van der Waals surface area contributed by atoms with Crippen LogP contribution in [0.15, 0.2) is 30.3 Å². The van der Waals surface area contributed by atoms with Crippen LogP contribution >= 0.6 is 0 Å². The predicted octanol–water partition coefficient (Wildman–Crippen LogP) is 2.30. The smallest absolute Gasteiger partial charge is 0.126 e. The van der Waals surface area contributed by atoms with Gasteiger partial charge in [0.05, 0.1) is 7.11 Å². The summed E-state index contributed by atoms with van der Waals surface area (Å²) in [5.41, 5.74) is 0.992. The predicted molar refractivity (Wildman–Crippen MR) is 52.7 cm³/mol. The topological polar surface area (TPSA) is 26.3 Å². The van der Waals surface area contributed by atoms with Crippen molar-refractivity contribution in [1.29, 1.82) is 0 Å².